The fraction of sp³-hybridized carbons (Fsp3) is 0.500. The van der Waals surface area contributed by atoms with Gasteiger partial charge in [-0.1, -0.05) is 44.2 Å². The van der Waals surface area contributed by atoms with Crippen molar-refractivity contribution >= 4 is 22.6 Å². The number of sulfonamides is 1. The Balaban J connectivity index is 0.00000141. The van der Waals surface area contributed by atoms with E-state index in [-0.39, 0.29) is 18.0 Å². The molecule has 2 aliphatic rings. The molecular weight excluding hydrogens is 425 g/mol. The molecule has 1 saturated heterocycles. The van der Waals surface area contributed by atoms with Crippen LogP contribution in [0.5, 0.6) is 5.75 Å². The van der Waals surface area contributed by atoms with Gasteiger partial charge in [-0.05, 0) is 63.3 Å². The normalized spacial score (nSPS) is 21.0. The number of aryl methyl sites for hydroxylation is 1. The summed E-state index contributed by atoms with van der Waals surface area (Å²) in [6, 6.07) is 12.7. The van der Waals surface area contributed by atoms with E-state index in [4.69, 9.17) is 14.0 Å². The number of benzene rings is 2. The molecule has 0 saturated carbocycles. The van der Waals surface area contributed by atoms with Gasteiger partial charge < -0.3 is 14.0 Å². The highest BCUT2D eigenvalue weighted by Gasteiger charge is 2.51. The lowest BCUT2D eigenvalue weighted by Gasteiger charge is -2.32. The molecule has 2 aromatic carbocycles. The van der Waals surface area contributed by atoms with Crippen molar-refractivity contribution in [3.63, 3.8) is 0 Å². The van der Waals surface area contributed by atoms with Crippen molar-refractivity contribution in [1.29, 1.82) is 0 Å². The summed E-state index contributed by atoms with van der Waals surface area (Å²) in [5.74, 6) is 0.405. The Hall–Kier alpha value is -1.87. The SMILES string of the molecule is CC.Cc1ccc(B2OC(C)(C)C(C)(C)O2)cc1CN1CCOc2ccccc2S1(=O)=O. The highest BCUT2D eigenvalue weighted by molar-refractivity contribution is 7.89. The molecule has 0 N–H and O–H groups in total. The summed E-state index contributed by atoms with van der Waals surface area (Å²) < 4.78 is 46.0. The number of hydrogen-bond acceptors (Lipinski definition) is 5. The average Bonchev–Trinajstić information content (AvgIpc) is 2.88. The van der Waals surface area contributed by atoms with E-state index < -0.39 is 28.3 Å². The van der Waals surface area contributed by atoms with Crippen molar-refractivity contribution in [2.45, 2.75) is 71.1 Å². The van der Waals surface area contributed by atoms with Crippen LogP contribution in [0.1, 0.15) is 52.7 Å². The van der Waals surface area contributed by atoms with Gasteiger partial charge in [-0.3, -0.25) is 0 Å². The summed E-state index contributed by atoms with van der Waals surface area (Å²) in [5.41, 5.74) is 1.96. The minimum absolute atomic E-state index is 0.210. The van der Waals surface area contributed by atoms with Crippen LogP contribution >= 0.6 is 0 Å². The Bertz CT molecular complexity index is 1050. The summed E-state index contributed by atoms with van der Waals surface area (Å²) in [4.78, 5) is 0.210. The predicted molar refractivity (Wildman–Crippen MR) is 128 cm³/mol. The first-order chi connectivity index (χ1) is 15.0. The smallest absolute Gasteiger partial charge is 0.491 e. The van der Waals surface area contributed by atoms with Crippen LogP contribution in [0.4, 0.5) is 0 Å². The van der Waals surface area contributed by atoms with Gasteiger partial charge in [0.15, 0.2) is 0 Å². The maximum atomic E-state index is 13.2. The summed E-state index contributed by atoms with van der Waals surface area (Å²) in [5, 5.41) is 0. The third-order valence-electron chi connectivity index (χ3n) is 6.31. The quantitative estimate of drug-likeness (QED) is 0.652. The number of para-hydroxylation sites is 1. The van der Waals surface area contributed by atoms with Gasteiger partial charge in [0, 0.05) is 13.1 Å². The summed E-state index contributed by atoms with van der Waals surface area (Å²) >= 11 is 0. The molecule has 8 heteroatoms. The molecule has 4 rings (SSSR count). The number of rotatable bonds is 3. The standard InChI is InChI=1S/C22H28BNO5S.C2H6/c1-16-10-11-18(23-28-21(2,3)22(4,5)29-23)14-17(16)15-24-12-13-27-19-8-6-7-9-20(19)30(24,25)26;1-2/h6-11,14H,12-13,15H2,1-5H3;1-2H3. The lowest BCUT2D eigenvalue weighted by molar-refractivity contribution is 0.00578. The molecule has 0 amide bonds. The lowest BCUT2D eigenvalue weighted by Crippen LogP contribution is -2.41. The second-order valence-corrected chi connectivity index (χ2v) is 10.8. The van der Waals surface area contributed by atoms with Gasteiger partial charge >= 0.3 is 7.12 Å². The number of hydrogen-bond donors (Lipinski definition) is 0. The van der Waals surface area contributed by atoms with Gasteiger partial charge in [-0.15, -0.1) is 0 Å². The zero-order valence-electron chi connectivity index (χ0n) is 20.1. The largest absolute Gasteiger partial charge is 0.494 e. The Labute approximate surface area is 193 Å². The highest BCUT2D eigenvalue weighted by atomic mass is 32.2. The second-order valence-electron chi connectivity index (χ2n) is 8.91. The molecule has 0 radical (unpaired) electrons. The molecule has 0 aromatic heterocycles. The fourth-order valence-electron chi connectivity index (χ4n) is 3.64. The van der Waals surface area contributed by atoms with Crippen LogP contribution in [0.3, 0.4) is 0 Å². The van der Waals surface area contributed by atoms with Crippen LogP contribution in [-0.2, 0) is 25.9 Å². The Morgan fingerprint density at radius 1 is 1.00 bits per heavy atom. The molecule has 6 nitrogen and oxygen atoms in total. The molecule has 0 spiro atoms. The molecule has 32 heavy (non-hydrogen) atoms. The molecule has 1 fully saturated rings. The summed E-state index contributed by atoms with van der Waals surface area (Å²) in [7, 11) is -4.14. The van der Waals surface area contributed by atoms with Crippen LogP contribution in [0.15, 0.2) is 47.4 Å². The van der Waals surface area contributed by atoms with E-state index >= 15 is 0 Å². The zero-order chi connectivity index (χ0) is 23.7. The van der Waals surface area contributed by atoms with Gasteiger partial charge in [0.25, 0.3) is 0 Å². The lowest BCUT2D eigenvalue weighted by atomic mass is 9.78. The molecule has 0 aliphatic carbocycles. The first-order valence-corrected chi connectivity index (χ1v) is 12.6. The summed E-state index contributed by atoms with van der Waals surface area (Å²) in [6.07, 6.45) is 0. The van der Waals surface area contributed by atoms with Crippen molar-refractivity contribution in [1.82, 2.24) is 4.31 Å². The fourth-order valence-corrected chi connectivity index (χ4v) is 5.17. The molecule has 174 valence electrons. The molecule has 2 aromatic rings. The van der Waals surface area contributed by atoms with Crippen LogP contribution in [-0.4, -0.2) is 44.2 Å². The van der Waals surface area contributed by atoms with E-state index in [1.165, 1.54) is 4.31 Å². The summed E-state index contributed by atoms with van der Waals surface area (Å²) in [6.45, 7) is 14.9. The van der Waals surface area contributed by atoms with Crippen molar-refractivity contribution in [3.8, 4) is 5.75 Å². The van der Waals surface area contributed by atoms with Crippen molar-refractivity contribution in [2.24, 2.45) is 0 Å². The maximum absolute atomic E-state index is 13.2. The van der Waals surface area contributed by atoms with Crippen molar-refractivity contribution < 1.29 is 22.5 Å². The van der Waals surface area contributed by atoms with Crippen LogP contribution < -0.4 is 10.2 Å². The van der Waals surface area contributed by atoms with E-state index in [1.807, 2.05) is 66.7 Å². The number of ether oxygens (including phenoxy) is 1. The van der Waals surface area contributed by atoms with E-state index in [1.54, 1.807) is 24.3 Å². The average molecular weight is 459 g/mol. The van der Waals surface area contributed by atoms with Gasteiger partial charge in [-0.2, -0.15) is 4.31 Å². The third kappa shape index (κ3) is 4.60. The van der Waals surface area contributed by atoms with Gasteiger partial charge in [-0.25, -0.2) is 8.42 Å². The second kappa shape index (κ2) is 9.18. The first-order valence-electron chi connectivity index (χ1n) is 11.2. The van der Waals surface area contributed by atoms with E-state index in [2.05, 4.69) is 0 Å². The Morgan fingerprint density at radius 2 is 1.62 bits per heavy atom. The van der Waals surface area contributed by atoms with Gasteiger partial charge in [0.05, 0.1) is 11.2 Å². The van der Waals surface area contributed by atoms with E-state index in [0.29, 0.717) is 12.4 Å². The molecule has 0 unspecified atom stereocenters. The predicted octanol–water partition coefficient (Wildman–Crippen LogP) is 3.90. The first kappa shape index (κ1) is 24.8. The minimum atomic E-state index is -3.66. The minimum Gasteiger partial charge on any atom is -0.491 e. The van der Waals surface area contributed by atoms with E-state index in [0.717, 1.165) is 16.6 Å². The van der Waals surface area contributed by atoms with Gasteiger partial charge in [0.1, 0.15) is 17.3 Å². The third-order valence-corrected chi connectivity index (χ3v) is 8.20. The number of nitrogens with zero attached hydrogens (tertiary/aromatic N) is 1. The Kier molecular flexibility index (Phi) is 7.10. The zero-order valence-corrected chi connectivity index (χ0v) is 21.0. The van der Waals surface area contributed by atoms with Crippen LogP contribution in [0.2, 0.25) is 0 Å². The van der Waals surface area contributed by atoms with Crippen molar-refractivity contribution in [2.75, 3.05) is 13.2 Å². The molecular formula is C24H34BNO5S. The van der Waals surface area contributed by atoms with Gasteiger partial charge in [0.2, 0.25) is 10.0 Å². The van der Waals surface area contributed by atoms with E-state index in [9.17, 15) is 8.42 Å². The molecule has 2 aliphatic heterocycles. The van der Waals surface area contributed by atoms with Crippen LogP contribution in [0, 0.1) is 6.92 Å². The highest BCUT2D eigenvalue weighted by Crippen LogP contribution is 2.36. The molecule has 2 heterocycles. The molecule has 0 bridgehead atoms. The number of fused-ring (bicyclic) bond motifs is 1. The monoisotopic (exact) mass is 459 g/mol. The molecule has 0 atom stereocenters. The van der Waals surface area contributed by atoms with Crippen LogP contribution in [0.25, 0.3) is 0 Å². The topological polar surface area (TPSA) is 65.1 Å². The van der Waals surface area contributed by atoms with Crippen molar-refractivity contribution in [3.05, 3.63) is 53.6 Å². The maximum Gasteiger partial charge on any atom is 0.494 e. The Morgan fingerprint density at radius 3 is 2.28 bits per heavy atom.